The maximum Gasteiger partial charge on any atom is 0.153 e. The summed E-state index contributed by atoms with van der Waals surface area (Å²) in [7, 11) is 1.83. The average Bonchev–Trinajstić information content (AvgIpc) is 2.62. The van der Waals surface area contributed by atoms with Gasteiger partial charge in [0.05, 0.1) is 11.7 Å². The average molecular weight is 360 g/mol. The first-order valence-corrected chi connectivity index (χ1v) is 6.66. The number of benzene rings is 1. The quantitative estimate of drug-likeness (QED) is 0.896. The van der Waals surface area contributed by atoms with Crippen molar-refractivity contribution in [2.45, 2.75) is 13.0 Å². The van der Waals surface area contributed by atoms with Crippen molar-refractivity contribution in [3.63, 3.8) is 0 Å². The Morgan fingerprint density at radius 1 is 1.35 bits per heavy atom. The SMILES string of the molecule is Cc1cccc(C(N)c2c(Br)nnn2C)c1Br. The van der Waals surface area contributed by atoms with Gasteiger partial charge in [-0.15, -0.1) is 5.10 Å². The van der Waals surface area contributed by atoms with Crippen LogP contribution in [-0.4, -0.2) is 15.0 Å². The van der Waals surface area contributed by atoms with Gasteiger partial charge in [-0.1, -0.05) is 39.3 Å². The fourth-order valence-corrected chi connectivity index (χ4v) is 2.81. The molecule has 0 fully saturated rings. The lowest BCUT2D eigenvalue weighted by Crippen LogP contribution is -2.17. The van der Waals surface area contributed by atoms with E-state index in [0.717, 1.165) is 21.3 Å². The van der Waals surface area contributed by atoms with E-state index in [4.69, 9.17) is 5.73 Å². The van der Waals surface area contributed by atoms with Crippen LogP contribution in [0.2, 0.25) is 0 Å². The van der Waals surface area contributed by atoms with E-state index in [0.29, 0.717) is 4.60 Å². The lowest BCUT2D eigenvalue weighted by Gasteiger charge is -2.15. The molecule has 6 heteroatoms. The second kappa shape index (κ2) is 4.88. The van der Waals surface area contributed by atoms with Crippen LogP contribution in [-0.2, 0) is 7.05 Å². The standard InChI is InChI=1S/C11H12Br2N4/c1-6-4-3-5-7(8(6)12)9(14)10-11(13)15-16-17(10)2/h3-5,9H,14H2,1-2H3. The number of nitrogens with zero attached hydrogens (tertiary/aromatic N) is 3. The van der Waals surface area contributed by atoms with Gasteiger partial charge >= 0.3 is 0 Å². The van der Waals surface area contributed by atoms with Crippen LogP contribution in [0.15, 0.2) is 27.3 Å². The van der Waals surface area contributed by atoms with Crippen LogP contribution in [0.25, 0.3) is 0 Å². The van der Waals surface area contributed by atoms with Crippen LogP contribution in [0.5, 0.6) is 0 Å². The number of aromatic nitrogens is 3. The summed E-state index contributed by atoms with van der Waals surface area (Å²) < 4.78 is 3.39. The van der Waals surface area contributed by atoms with E-state index in [1.54, 1.807) is 4.68 Å². The number of halogens is 2. The molecule has 0 saturated heterocycles. The Morgan fingerprint density at radius 3 is 2.65 bits per heavy atom. The first-order chi connectivity index (χ1) is 8.02. The Morgan fingerprint density at radius 2 is 2.06 bits per heavy atom. The fourth-order valence-electron chi connectivity index (χ4n) is 1.73. The van der Waals surface area contributed by atoms with E-state index < -0.39 is 0 Å². The minimum atomic E-state index is -0.265. The summed E-state index contributed by atoms with van der Waals surface area (Å²) in [5, 5.41) is 7.89. The molecule has 0 spiro atoms. The van der Waals surface area contributed by atoms with Gasteiger partial charge in [-0.05, 0) is 34.0 Å². The number of hydrogen-bond donors (Lipinski definition) is 1. The zero-order valence-corrected chi connectivity index (χ0v) is 12.7. The molecule has 0 bridgehead atoms. The topological polar surface area (TPSA) is 56.7 Å². The summed E-state index contributed by atoms with van der Waals surface area (Å²) in [4.78, 5) is 0. The molecular formula is C11H12Br2N4. The largest absolute Gasteiger partial charge is 0.319 e. The molecule has 2 rings (SSSR count). The minimum absolute atomic E-state index is 0.265. The van der Waals surface area contributed by atoms with Crippen molar-refractivity contribution in [1.29, 1.82) is 0 Å². The highest BCUT2D eigenvalue weighted by molar-refractivity contribution is 9.10. The molecule has 0 aliphatic rings. The van der Waals surface area contributed by atoms with E-state index in [2.05, 4.69) is 42.2 Å². The lowest BCUT2D eigenvalue weighted by atomic mass is 10.0. The van der Waals surface area contributed by atoms with E-state index in [1.807, 2.05) is 32.2 Å². The van der Waals surface area contributed by atoms with Gasteiger partial charge < -0.3 is 5.73 Å². The molecule has 1 unspecified atom stereocenters. The third-order valence-corrected chi connectivity index (χ3v) is 4.33. The monoisotopic (exact) mass is 358 g/mol. The normalized spacial score (nSPS) is 12.8. The maximum atomic E-state index is 6.27. The summed E-state index contributed by atoms with van der Waals surface area (Å²) in [6.07, 6.45) is 0. The van der Waals surface area contributed by atoms with Crippen LogP contribution in [0.4, 0.5) is 0 Å². The minimum Gasteiger partial charge on any atom is -0.319 e. The summed E-state index contributed by atoms with van der Waals surface area (Å²) in [6, 6.07) is 5.77. The molecule has 1 aromatic heterocycles. The molecule has 0 radical (unpaired) electrons. The second-order valence-electron chi connectivity index (χ2n) is 3.84. The highest BCUT2D eigenvalue weighted by Gasteiger charge is 2.20. The van der Waals surface area contributed by atoms with Crippen molar-refractivity contribution < 1.29 is 0 Å². The second-order valence-corrected chi connectivity index (χ2v) is 5.39. The maximum absolute atomic E-state index is 6.27. The summed E-state index contributed by atoms with van der Waals surface area (Å²) in [5.41, 5.74) is 9.31. The number of hydrogen-bond acceptors (Lipinski definition) is 3. The molecule has 0 amide bonds. The Bertz CT molecular complexity index is 531. The fraction of sp³-hybridized carbons (Fsp3) is 0.273. The van der Waals surface area contributed by atoms with Crippen molar-refractivity contribution in [1.82, 2.24) is 15.0 Å². The third-order valence-electron chi connectivity index (χ3n) is 2.68. The van der Waals surface area contributed by atoms with Crippen molar-refractivity contribution in [3.05, 3.63) is 44.1 Å². The molecule has 1 aromatic carbocycles. The van der Waals surface area contributed by atoms with Gasteiger partial charge in [0, 0.05) is 11.5 Å². The summed E-state index contributed by atoms with van der Waals surface area (Å²) in [6.45, 7) is 2.04. The Kier molecular flexibility index (Phi) is 3.65. The molecule has 2 N–H and O–H groups in total. The smallest absolute Gasteiger partial charge is 0.153 e. The molecule has 0 aliphatic heterocycles. The lowest BCUT2D eigenvalue weighted by molar-refractivity contribution is 0.649. The third kappa shape index (κ3) is 2.29. The molecular weight excluding hydrogens is 348 g/mol. The van der Waals surface area contributed by atoms with Gasteiger partial charge in [0.25, 0.3) is 0 Å². The zero-order chi connectivity index (χ0) is 12.6. The number of nitrogens with two attached hydrogens (primary N) is 1. The zero-order valence-electron chi connectivity index (χ0n) is 9.48. The van der Waals surface area contributed by atoms with Crippen LogP contribution >= 0.6 is 31.9 Å². The summed E-state index contributed by atoms with van der Waals surface area (Å²) in [5.74, 6) is 0. The molecule has 1 atom stereocenters. The van der Waals surface area contributed by atoms with Crippen LogP contribution < -0.4 is 5.73 Å². The Balaban J connectivity index is 2.51. The highest BCUT2D eigenvalue weighted by Crippen LogP contribution is 2.31. The molecule has 1 heterocycles. The summed E-state index contributed by atoms with van der Waals surface area (Å²) >= 11 is 6.94. The van der Waals surface area contributed by atoms with Crippen LogP contribution in [0, 0.1) is 6.92 Å². The van der Waals surface area contributed by atoms with E-state index in [1.165, 1.54) is 0 Å². The highest BCUT2D eigenvalue weighted by atomic mass is 79.9. The van der Waals surface area contributed by atoms with E-state index >= 15 is 0 Å². The van der Waals surface area contributed by atoms with Gasteiger partial charge in [-0.25, -0.2) is 4.68 Å². The van der Waals surface area contributed by atoms with Crippen LogP contribution in [0.3, 0.4) is 0 Å². The predicted molar refractivity (Wildman–Crippen MR) is 73.6 cm³/mol. The van der Waals surface area contributed by atoms with E-state index in [-0.39, 0.29) is 6.04 Å². The molecule has 0 aliphatic carbocycles. The van der Waals surface area contributed by atoms with Gasteiger partial charge in [0.2, 0.25) is 0 Å². The van der Waals surface area contributed by atoms with Gasteiger partial charge in [0.1, 0.15) is 0 Å². The van der Waals surface area contributed by atoms with Crippen molar-refractivity contribution in [2.24, 2.45) is 12.8 Å². The predicted octanol–water partition coefficient (Wildman–Crippen LogP) is 2.70. The van der Waals surface area contributed by atoms with Gasteiger partial charge in [-0.2, -0.15) is 0 Å². The number of rotatable bonds is 2. The molecule has 0 saturated carbocycles. The number of aryl methyl sites for hydroxylation is 2. The van der Waals surface area contributed by atoms with Crippen molar-refractivity contribution >= 4 is 31.9 Å². The van der Waals surface area contributed by atoms with Crippen molar-refractivity contribution in [3.8, 4) is 0 Å². The first kappa shape index (κ1) is 12.7. The Labute approximate surface area is 116 Å². The van der Waals surface area contributed by atoms with Crippen LogP contribution in [0.1, 0.15) is 22.9 Å². The van der Waals surface area contributed by atoms with Crippen molar-refractivity contribution in [2.75, 3.05) is 0 Å². The van der Waals surface area contributed by atoms with Gasteiger partial charge in [-0.3, -0.25) is 0 Å². The Hall–Kier alpha value is -0.720. The molecule has 90 valence electrons. The molecule has 2 aromatic rings. The first-order valence-electron chi connectivity index (χ1n) is 5.08. The van der Waals surface area contributed by atoms with E-state index in [9.17, 15) is 0 Å². The molecule has 4 nitrogen and oxygen atoms in total. The molecule has 17 heavy (non-hydrogen) atoms. The van der Waals surface area contributed by atoms with Gasteiger partial charge in [0.15, 0.2) is 4.60 Å².